The molecule has 0 aromatic carbocycles. The van der Waals surface area contributed by atoms with E-state index >= 15 is 0 Å². The largest absolute Gasteiger partial charge is 0.328 e. The molecule has 0 amide bonds. The number of hydrogen-bond acceptors (Lipinski definition) is 3. The third kappa shape index (κ3) is 1.26. The van der Waals surface area contributed by atoms with Gasteiger partial charge in [-0.15, -0.1) is 5.10 Å². The van der Waals surface area contributed by atoms with Gasteiger partial charge in [-0.1, -0.05) is 5.21 Å². The third-order valence-electron chi connectivity index (χ3n) is 1.23. The van der Waals surface area contributed by atoms with Crippen LogP contribution in [0.4, 0.5) is 0 Å². The summed E-state index contributed by atoms with van der Waals surface area (Å²) in [4.78, 5) is 0. The van der Waals surface area contributed by atoms with E-state index in [-0.39, 0.29) is 6.04 Å². The molecule has 2 N–H and O–H groups in total. The van der Waals surface area contributed by atoms with Crippen molar-refractivity contribution in [1.29, 1.82) is 0 Å². The number of aromatic nitrogens is 3. The Bertz CT molecular complexity index is 157. The second-order valence-corrected chi connectivity index (χ2v) is 1.97. The van der Waals surface area contributed by atoms with E-state index < -0.39 is 0 Å². The number of rotatable bonds is 2. The van der Waals surface area contributed by atoms with E-state index in [2.05, 4.69) is 10.3 Å². The summed E-state index contributed by atoms with van der Waals surface area (Å²) in [5.74, 6) is 0. The second kappa shape index (κ2) is 2.59. The Morgan fingerprint density at radius 1 is 1.78 bits per heavy atom. The Kier molecular flexibility index (Phi) is 1.79. The normalized spacial score (nSPS) is 13.6. The minimum Gasteiger partial charge on any atom is -0.328 e. The average Bonchev–Trinajstić information content (AvgIpc) is 2.37. The van der Waals surface area contributed by atoms with Crippen LogP contribution in [0.3, 0.4) is 0 Å². The molecule has 0 aliphatic rings. The minimum absolute atomic E-state index is 0.257. The van der Waals surface area contributed by atoms with Gasteiger partial charge in [-0.25, -0.2) is 4.68 Å². The van der Waals surface area contributed by atoms with Crippen LogP contribution >= 0.6 is 0 Å². The molecule has 1 rings (SSSR count). The SMILES string of the molecule is C[C@H](CN)n1ccnn1. The Morgan fingerprint density at radius 3 is 3.00 bits per heavy atom. The molecule has 1 aromatic rings. The number of nitrogens with zero attached hydrogens (tertiary/aromatic N) is 3. The van der Waals surface area contributed by atoms with Crippen LogP contribution in [0, 0.1) is 0 Å². The number of hydrogen-bond donors (Lipinski definition) is 1. The summed E-state index contributed by atoms with van der Waals surface area (Å²) in [5.41, 5.74) is 5.37. The van der Waals surface area contributed by atoms with Gasteiger partial charge < -0.3 is 5.73 Å². The lowest BCUT2D eigenvalue weighted by Crippen LogP contribution is -2.16. The van der Waals surface area contributed by atoms with Crippen molar-refractivity contribution >= 4 is 0 Å². The monoisotopic (exact) mass is 126 g/mol. The maximum Gasteiger partial charge on any atom is 0.0693 e. The zero-order chi connectivity index (χ0) is 6.69. The van der Waals surface area contributed by atoms with Gasteiger partial charge in [-0.2, -0.15) is 0 Å². The molecule has 0 saturated heterocycles. The maximum absolute atomic E-state index is 5.37. The van der Waals surface area contributed by atoms with Gasteiger partial charge in [0, 0.05) is 12.7 Å². The molecular weight excluding hydrogens is 116 g/mol. The van der Waals surface area contributed by atoms with Crippen LogP contribution in [-0.4, -0.2) is 21.5 Å². The highest BCUT2D eigenvalue weighted by molar-refractivity contribution is 4.69. The van der Waals surface area contributed by atoms with Crippen molar-refractivity contribution in [2.75, 3.05) is 6.54 Å². The van der Waals surface area contributed by atoms with Crippen LogP contribution in [0.1, 0.15) is 13.0 Å². The molecule has 0 aliphatic heterocycles. The summed E-state index contributed by atoms with van der Waals surface area (Å²) >= 11 is 0. The van der Waals surface area contributed by atoms with Gasteiger partial charge >= 0.3 is 0 Å². The Labute approximate surface area is 53.7 Å². The Hall–Kier alpha value is -0.900. The zero-order valence-electron chi connectivity index (χ0n) is 5.36. The molecule has 9 heavy (non-hydrogen) atoms. The number of nitrogens with two attached hydrogens (primary N) is 1. The van der Waals surface area contributed by atoms with Gasteiger partial charge in [0.2, 0.25) is 0 Å². The van der Waals surface area contributed by atoms with Gasteiger partial charge in [0.1, 0.15) is 0 Å². The Balaban J connectivity index is 2.65. The molecule has 50 valence electrons. The molecule has 1 aromatic heterocycles. The predicted octanol–water partition coefficient (Wildman–Crippen LogP) is -0.202. The van der Waals surface area contributed by atoms with Crippen LogP contribution in [0.25, 0.3) is 0 Å². The predicted molar refractivity (Wildman–Crippen MR) is 33.8 cm³/mol. The van der Waals surface area contributed by atoms with Crippen molar-refractivity contribution in [1.82, 2.24) is 15.0 Å². The summed E-state index contributed by atoms with van der Waals surface area (Å²) in [6, 6.07) is 0.257. The van der Waals surface area contributed by atoms with E-state index in [9.17, 15) is 0 Å². The first-order chi connectivity index (χ1) is 4.34. The van der Waals surface area contributed by atoms with Crippen molar-refractivity contribution in [2.45, 2.75) is 13.0 Å². The summed E-state index contributed by atoms with van der Waals surface area (Å²) < 4.78 is 1.74. The zero-order valence-corrected chi connectivity index (χ0v) is 5.36. The van der Waals surface area contributed by atoms with Gasteiger partial charge in [0.05, 0.1) is 12.2 Å². The molecule has 4 heteroatoms. The van der Waals surface area contributed by atoms with Crippen molar-refractivity contribution in [2.24, 2.45) is 5.73 Å². The van der Waals surface area contributed by atoms with Crippen LogP contribution in [0.15, 0.2) is 12.4 Å². The summed E-state index contributed by atoms with van der Waals surface area (Å²) in [6.45, 7) is 2.60. The van der Waals surface area contributed by atoms with Crippen molar-refractivity contribution in [3.63, 3.8) is 0 Å². The van der Waals surface area contributed by atoms with Gasteiger partial charge in [-0.3, -0.25) is 0 Å². The van der Waals surface area contributed by atoms with Gasteiger partial charge in [-0.05, 0) is 6.92 Å². The first-order valence-corrected chi connectivity index (χ1v) is 2.90. The average molecular weight is 126 g/mol. The fourth-order valence-electron chi connectivity index (χ4n) is 0.560. The minimum atomic E-state index is 0.257. The molecule has 0 aliphatic carbocycles. The molecule has 0 unspecified atom stereocenters. The van der Waals surface area contributed by atoms with E-state index in [1.807, 2.05) is 6.92 Å². The smallest absolute Gasteiger partial charge is 0.0693 e. The molecule has 0 radical (unpaired) electrons. The van der Waals surface area contributed by atoms with E-state index in [4.69, 9.17) is 5.73 Å². The quantitative estimate of drug-likeness (QED) is 0.597. The van der Waals surface area contributed by atoms with Crippen LogP contribution in [0.2, 0.25) is 0 Å². The highest BCUT2D eigenvalue weighted by Gasteiger charge is 1.99. The highest BCUT2D eigenvalue weighted by atomic mass is 15.4. The molecule has 0 bridgehead atoms. The summed E-state index contributed by atoms with van der Waals surface area (Å²) in [5, 5.41) is 7.42. The van der Waals surface area contributed by atoms with Crippen LogP contribution < -0.4 is 5.73 Å². The van der Waals surface area contributed by atoms with Gasteiger partial charge in [0.25, 0.3) is 0 Å². The van der Waals surface area contributed by atoms with E-state index in [0.29, 0.717) is 6.54 Å². The lowest BCUT2D eigenvalue weighted by Gasteiger charge is -2.05. The van der Waals surface area contributed by atoms with Crippen molar-refractivity contribution in [3.05, 3.63) is 12.4 Å². The molecular formula is C5H10N4. The standard InChI is InChI=1S/C5H10N4/c1-5(4-6)9-3-2-7-8-9/h2-3,5H,4,6H2,1H3/t5-/m1/s1. The molecule has 1 atom stereocenters. The summed E-state index contributed by atoms with van der Waals surface area (Å²) in [6.07, 6.45) is 3.45. The first kappa shape index (κ1) is 6.22. The highest BCUT2D eigenvalue weighted by Crippen LogP contribution is 1.96. The van der Waals surface area contributed by atoms with Crippen molar-refractivity contribution in [3.8, 4) is 0 Å². The molecule has 0 fully saturated rings. The van der Waals surface area contributed by atoms with E-state index in [1.54, 1.807) is 17.1 Å². The van der Waals surface area contributed by atoms with E-state index in [1.165, 1.54) is 0 Å². The summed E-state index contributed by atoms with van der Waals surface area (Å²) in [7, 11) is 0. The lowest BCUT2D eigenvalue weighted by atomic mass is 10.4. The third-order valence-corrected chi connectivity index (χ3v) is 1.23. The molecule has 0 saturated carbocycles. The second-order valence-electron chi connectivity index (χ2n) is 1.97. The molecule has 1 heterocycles. The first-order valence-electron chi connectivity index (χ1n) is 2.90. The van der Waals surface area contributed by atoms with Crippen molar-refractivity contribution < 1.29 is 0 Å². The lowest BCUT2D eigenvalue weighted by molar-refractivity contribution is 0.485. The maximum atomic E-state index is 5.37. The molecule has 4 nitrogen and oxygen atoms in total. The topological polar surface area (TPSA) is 56.7 Å². The fraction of sp³-hybridized carbons (Fsp3) is 0.600. The van der Waals surface area contributed by atoms with Gasteiger partial charge in [0.15, 0.2) is 0 Å². The van der Waals surface area contributed by atoms with E-state index in [0.717, 1.165) is 0 Å². The molecule has 0 spiro atoms. The van der Waals surface area contributed by atoms with Crippen LogP contribution in [-0.2, 0) is 0 Å². The van der Waals surface area contributed by atoms with Crippen LogP contribution in [0.5, 0.6) is 0 Å². The fourth-order valence-corrected chi connectivity index (χ4v) is 0.560. The Morgan fingerprint density at radius 2 is 2.56 bits per heavy atom.